The smallest absolute Gasteiger partial charge is 0.307 e. The van der Waals surface area contributed by atoms with Crippen molar-refractivity contribution >= 4 is 58.7 Å². The van der Waals surface area contributed by atoms with Gasteiger partial charge in [0, 0.05) is 18.7 Å². The zero-order chi connectivity index (χ0) is 19.1. The van der Waals surface area contributed by atoms with Gasteiger partial charge in [0.1, 0.15) is 16.7 Å². The van der Waals surface area contributed by atoms with Crippen molar-refractivity contribution in [1.82, 2.24) is 9.80 Å². The summed E-state index contributed by atoms with van der Waals surface area (Å²) >= 11 is 6.51. The fourth-order valence-corrected chi connectivity index (χ4v) is 3.54. The SMILES string of the molecule is COc1ccccc1C=C1SC(=S)N(CCC(=O)OCCN(C)C)C1=O.Cl. The predicted molar refractivity (Wildman–Crippen MR) is 114 cm³/mol. The molecule has 1 heterocycles. The Morgan fingerprint density at radius 1 is 1.33 bits per heavy atom. The minimum atomic E-state index is -0.338. The summed E-state index contributed by atoms with van der Waals surface area (Å²) in [6.45, 7) is 1.21. The molecule has 0 saturated carbocycles. The van der Waals surface area contributed by atoms with Crippen LogP contribution in [0.2, 0.25) is 0 Å². The van der Waals surface area contributed by atoms with Crippen LogP contribution in [0.25, 0.3) is 6.08 Å². The van der Waals surface area contributed by atoms with Crippen molar-refractivity contribution in [3.8, 4) is 5.75 Å². The summed E-state index contributed by atoms with van der Waals surface area (Å²) < 4.78 is 10.9. The maximum absolute atomic E-state index is 12.6. The molecule has 0 bridgehead atoms. The standard InChI is InChI=1S/C18H22N2O4S2.ClH/c1-19(2)10-11-24-16(21)8-9-20-17(22)15(26-18(20)25)12-13-6-4-5-7-14(13)23-3;/h4-7,12H,8-11H2,1-3H3;1H. The molecule has 1 aromatic rings. The van der Waals surface area contributed by atoms with Crippen molar-refractivity contribution in [2.45, 2.75) is 6.42 Å². The molecule has 9 heteroatoms. The number of para-hydroxylation sites is 1. The molecule has 0 unspecified atom stereocenters. The summed E-state index contributed by atoms with van der Waals surface area (Å²) in [5.41, 5.74) is 0.804. The lowest BCUT2D eigenvalue weighted by molar-refractivity contribution is -0.144. The van der Waals surface area contributed by atoms with Gasteiger partial charge in [-0.1, -0.05) is 42.2 Å². The van der Waals surface area contributed by atoms with E-state index in [2.05, 4.69) is 0 Å². The minimum absolute atomic E-state index is 0. The highest BCUT2D eigenvalue weighted by Gasteiger charge is 2.32. The topological polar surface area (TPSA) is 59.1 Å². The molecule has 1 aliphatic heterocycles. The molecule has 1 saturated heterocycles. The first-order valence-electron chi connectivity index (χ1n) is 8.11. The lowest BCUT2D eigenvalue weighted by atomic mass is 10.2. The molecular formula is C18H23ClN2O4S2. The van der Waals surface area contributed by atoms with E-state index in [1.165, 1.54) is 16.7 Å². The summed E-state index contributed by atoms with van der Waals surface area (Å²) in [7, 11) is 5.39. The molecule has 0 atom stereocenters. The van der Waals surface area contributed by atoms with E-state index in [9.17, 15) is 9.59 Å². The van der Waals surface area contributed by atoms with Crippen molar-refractivity contribution in [1.29, 1.82) is 0 Å². The van der Waals surface area contributed by atoms with E-state index < -0.39 is 0 Å². The number of hydrogen-bond donors (Lipinski definition) is 0. The number of nitrogens with zero attached hydrogens (tertiary/aromatic N) is 2. The second kappa shape index (κ2) is 11.3. The first kappa shape index (κ1) is 23.4. The van der Waals surface area contributed by atoms with E-state index in [0.29, 0.717) is 28.1 Å². The van der Waals surface area contributed by atoms with E-state index in [-0.39, 0.29) is 37.2 Å². The van der Waals surface area contributed by atoms with Crippen LogP contribution in [0, 0.1) is 0 Å². The lowest BCUT2D eigenvalue weighted by Crippen LogP contribution is -2.31. The molecule has 2 rings (SSSR count). The van der Waals surface area contributed by atoms with E-state index >= 15 is 0 Å². The van der Waals surface area contributed by atoms with Crippen LogP contribution in [0.15, 0.2) is 29.2 Å². The molecule has 0 N–H and O–H groups in total. The van der Waals surface area contributed by atoms with Crippen molar-refractivity contribution in [2.24, 2.45) is 0 Å². The van der Waals surface area contributed by atoms with Crippen molar-refractivity contribution in [3.63, 3.8) is 0 Å². The molecule has 0 radical (unpaired) electrons. The molecule has 148 valence electrons. The Hall–Kier alpha value is -1.61. The third-order valence-corrected chi connectivity index (χ3v) is 5.02. The number of methoxy groups -OCH3 is 1. The van der Waals surface area contributed by atoms with Crippen LogP contribution >= 0.6 is 36.4 Å². The van der Waals surface area contributed by atoms with Crippen molar-refractivity contribution in [2.75, 3.05) is 40.9 Å². The molecule has 0 aliphatic carbocycles. The molecule has 1 amide bonds. The fraction of sp³-hybridized carbons (Fsp3) is 0.389. The molecule has 1 aromatic carbocycles. The first-order chi connectivity index (χ1) is 12.4. The third-order valence-electron chi connectivity index (χ3n) is 3.64. The van der Waals surface area contributed by atoms with Gasteiger partial charge < -0.3 is 14.4 Å². The largest absolute Gasteiger partial charge is 0.496 e. The van der Waals surface area contributed by atoms with E-state index in [1.807, 2.05) is 43.3 Å². The number of rotatable bonds is 8. The number of halogens is 1. The molecule has 0 aromatic heterocycles. The Morgan fingerprint density at radius 2 is 2.04 bits per heavy atom. The van der Waals surface area contributed by atoms with Gasteiger partial charge in [-0.2, -0.15) is 0 Å². The van der Waals surface area contributed by atoms with Crippen LogP contribution in [-0.2, 0) is 14.3 Å². The highest BCUT2D eigenvalue weighted by Crippen LogP contribution is 2.34. The minimum Gasteiger partial charge on any atom is -0.496 e. The second-order valence-corrected chi connectivity index (χ2v) is 7.52. The number of esters is 1. The van der Waals surface area contributed by atoms with Crippen LogP contribution < -0.4 is 4.74 Å². The number of thioether (sulfide) groups is 1. The highest BCUT2D eigenvalue weighted by atomic mass is 35.5. The Morgan fingerprint density at radius 3 is 2.70 bits per heavy atom. The fourth-order valence-electron chi connectivity index (χ4n) is 2.24. The molecule has 27 heavy (non-hydrogen) atoms. The zero-order valence-corrected chi connectivity index (χ0v) is 17.9. The molecular weight excluding hydrogens is 408 g/mol. The first-order valence-corrected chi connectivity index (χ1v) is 9.33. The zero-order valence-electron chi connectivity index (χ0n) is 15.5. The van der Waals surface area contributed by atoms with Crippen LogP contribution in [-0.4, -0.2) is 66.9 Å². The highest BCUT2D eigenvalue weighted by molar-refractivity contribution is 8.26. The molecule has 6 nitrogen and oxygen atoms in total. The van der Waals surface area contributed by atoms with Gasteiger partial charge >= 0.3 is 5.97 Å². The monoisotopic (exact) mass is 430 g/mol. The summed E-state index contributed by atoms with van der Waals surface area (Å²) in [5.74, 6) is 0.142. The lowest BCUT2D eigenvalue weighted by Gasteiger charge is -2.14. The molecule has 0 spiro atoms. The number of likely N-dealkylation sites (N-methyl/N-ethyl adjacent to an activating group) is 1. The van der Waals surface area contributed by atoms with Crippen LogP contribution in [0.3, 0.4) is 0 Å². The third kappa shape index (κ3) is 6.80. The number of carbonyl (C=O) groups is 2. The normalized spacial score (nSPS) is 15.3. The van der Waals surface area contributed by atoms with Crippen molar-refractivity contribution < 1.29 is 19.1 Å². The van der Waals surface area contributed by atoms with Gasteiger partial charge in [0.05, 0.1) is 18.4 Å². The van der Waals surface area contributed by atoms with E-state index in [0.717, 1.165) is 5.56 Å². The maximum Gasteiger partial charge on any atom is 0.307 e. The summed E-state index contributed by atoms with van der Waals surface area (Å²) in [6, 6.07) is 7.44. The average molecular weight is 431 g/mol. The Kier molecular flexibility index (Phi) is 9.79. The predicted octanol–water partition coefficient (Wildman–Crippen LogP) is 2.81. The van der Waals surface area contributed by atoms with Gasteiger partial charge in [0.25, 0.3) is 5.91 Å². The second-order valence-electron chi connectivity index (χ2n) is 5.85. The maximum atomic E-state index is 12.6. The van der Waals surface area contributed by atoms with E-state index in [4.69, 9.17) is 21.7 Å². The quantitative estimate of drug-likeness (QED) is 0.357. The number of hydrogen-bond acceptors (Lipinski definition) is 7. The van der Waals surface area contributed by atoms with Gasteiger partial charge in [0.15, 0.2) is 0 Å². The average Bonchev–Trinajstić information content (AvgIpc) is 2.86. The van der Waals surface area contributed by atoms with Gasteiger partial charge in [-0.15, -0.1) is 12.4 Å². The molecule has 1 fully saturated rings. The van der Waals surface area contributed by atoms with Crippen LogP contribution in [0.5, 0.6) is 5.75 Å². The van der Waals surface area contributed by atoms with E-state index in [1.54, 1.807) is 13.2 Å². The van der Waals surface area contributed by atoms with Crippen LogP contribution in [0.1, 0.15) is 12.0 Å². The number of thiocarbonyl (C=S) groups is 1. The van der Waals surface area contributed by atoms with Gasteiger partial charge in [-0.25, -0.2) is 0 Å². The number of amides is 1. The van der Waals surface area contributed by atoms with Gasteiger partial charge in [0.2, 0.25) is 0 Å². The molecule has 1 aliphatic rings. The van der Waals surface area contributed by atoms with Gasteiger partial charge in [-0.05, 0) is 26.2 Å². The Labute approximate surface area is 175 Å². The van der Waals surface area contributed by atoms with Gasteiger partial charge in [-0.3, -0.25) is 14.5 Å². The Bertz CT molecular complexity index is 725. The van der Waals surface area contributed by atoms with Crippen LogP contribution in [0.4, 0.5) is 0 Å². The Balaban J connectivity index is 0.00000364. The number of ether oxygens (including phenoxy) is 2. The summed E-state index contributed by atoms with van der Waals surface area (Å²) in [6.07, 6.45) is 1.87. The van der Waals surface area contributed by atoms with Crippen molar-refractivity contribution in [3.05, 3.63) is 34.7 Å². The number of carbonyl (C=O) groups excluding carboxylic acids is 2. The number of benzene rings is 1. The summed E-state index contributed by atoms with van der Waals surface area (Å²) in [5, 5.41) is 0. The summed E-state index contributed by atoms with van der Waals surface area (Å²) in [4.78, 5) is 28.3.